The van der Waals surface area contributed by atoms with E-state index >= 15 is 0 Å². The zero-order chi connectivity index (χ0) is 13.5. The molecule has 0 aliphatic heterocycles. The predicted molar refractivity (Wildman–Crippen MR) is 61.3 cm³/mol. The first kappa shape index (κ1) is 14.4. The van der Waals surface area contributed by atoms with Gasteiger partial charge in [0.05, 0.1) is 13.7 Å². The Kier molecular flexibility index (Phi) is 5.51. The topological polar surface area (TPSA) is 47.6 Å². The minimum absolute atomic E-state index is 0.00153. The Morgan fingerprint density at radius 2 is 2.00 bits per heavy atom. The molecule has 4 nitrogen and oxygen atoms in total. The van der Waals surface area contributed by atoms with E-state index in [-0.39, 0.29) is 13.0 Å². The molecule has 0 saturated heterocycles. The summed E-state index contributed by atoms with van der Waals surface area (Å²) in [6.07, 6.45) is 0.247. The molecular formula is C12H15F2NO3. The van der Waals surface area contributed by atoms with E-state index in [1.807, 2.05) is 0 Å². The molecule has 1 rings (SSSR count). The molecule has 0 radical (unpaired) electrons. The van der Waals surface area contributed by atoms with Gasteiger partial charge in [-0.1, -0.05) is 6.07 Å². The lowest BCUT2D eigenvalue weighted by Gasteiger charge is -2.14. The van der Waals surface area contributed by atoms with Crippen LogP contribution in [0.5, 0.6) is 5.75 Å². The highest BCUT2D eigenvalue weighted by molar-refractivity contribution is 5.75. The first-order valence-electron chi connectivity index (χ1n) is 5.42. The minimum Gasteiger partial charge on any atom is -0.488 e. The summed E-state index contributed by atoms with van der Waals surface area (Å²) in [6.45, 7) is -0.00153. The highest BCUT2D eigenvalue weighted by atomic mass is 19.1. The van der Waals surface area contributed by atoms with Crippen LogP contribution < -0.4 is 10.1 Å². The molecule has 100 valence electrons. The van der Waals surface area contributed by atoms with Crippen LogP contribution in [0.4, 0.5) is 8.78 Å². The fraction of sp³-hybridized carbons (Fsp3) is 0.417. The second kappa shape index (κ2) is 6.90. The van der Waals surface area contributed by atoms with Crippen molar-refractivity contribution in [1.82, 2.24) is 5.32 Å². The minimum atomic E-state index is -0.769. The third kappa shape index (κ3) is 3.66. The third-order valence-corrected chi connectivity index (χ3v) is 2.41. The van der Waals surface area contributed by atoms with Gasteiger partial charge in [0.15, 0.2) is 17.4 Å². The van der Waals surface area contributed by atoms with Crippen molar-refractivity contribution in [3.63, 3.8) is 0 Å². The maximum Gasteiger partial charge on any atom is 0.322 e. The van der Waals surface area contributed by atoms with Gasteiger partial charge in [0.25, 0.3) is 0 Å². The third-order valence-electron chi connectivity index (χ3n) is 2.41. The summed E-state index contributed by atoms with van der Waals surface area (Å²) in [4.78, 5) is 11.2. The van der Waals surface area contributed by atoms with Crippen molar-refractivity contribution in [2.75, 3.05) is 20.8 Å². The number of ether oxygens (including phenoxy) is 2. The maximum atomic E-state index is 13.2. The van der Waals surface area contributed by atoms with Crippen molar-refractivity contribution in [1.29, 1.82) is 0 Å². The summed E-state index contributed by atoms with van der Waals surface area (Å²) in [6, 6.07) is 2.90. The van der Waals surface area contributed by atoms with Gasteiger partial charge in [0.2, 0.25) is 0 Å². The molecule has 1 aromatic carbocycles. The number of rotatable bonds is 6. The van der Waals surface area contributed by atoms with Gasteiger partial charge in [-0.3, -0.25) is 4.79 Å². The van der Waals surface area contributed by atoms with Gasteiger partial charge in [-0.2, -0.15) is 0 Å². The summed E-state index contributed by atoms with van der Waals surface area (Å²) >= 11 is 0. The predicted octanol–water partition coefficient (Wildman–Crippen LogP) is 1.49. The molecule has 0 amide bonds. The van der Waals surface area contributed by atoms with Crippen LogP contribution in [0.15, 0.2) is 18.2 Å². The Labute approximate surface area is 104 Å². The monoisotopic (exact) mass is 259 g/mol. The van der Waals surface area contributed by atoms with Gasteiger partial charge >= 0.3 is 5.97 Å². The molecule has 1 atom stereocenters. The van der Waals surface area contributed by atoms with E-state index in [9.17, 15) is 13.6 Å². The van der Waals surface area contributed by atoms with Crippen molar-refractivity contribution in [2.45, 2.75) is 12.5 Å². The van der Waals surface area contributed by atoms with Crippen LogP contribution in [0, 0.1) is 11.6 Å². The molecular weight excluding hydrogens is 244 g/mol. The second-order valence-corrected chi connectivity index (χ2v) is 3.55. The number of carbonyl (C=O) groups excluding carboxylic acids is 1. The van der Waals surface area contributed by atoms with Gasteiger partial charge in [-0.05, 0) is 19.2 Å². The molecule has 18 heavy (non-hydrogen) atoms. The fourth-order valence-electron chi connectivity index (χ4n) is 1.42. The number of para-hydroxylation sites is 1. The van der Waals surface area contributed by atoms with Gasteiger partial charge in [-0.25, -0.2) is 8.78 Å². The lowest BCUT2D eigenvalue weighted by atomic mass is 10.2. The van der Waals surface area contributed by atoms with E-state index in [0.29, 0.717) is 0 Å². The lowest BCUT2D eigenvalue weighted by Crippen LogP contribution is -2.36. The van der Waals surface area contributed by atoms with Crippen LogP contribution in [0.25, 0.3) is 0 Å². The number of nitrogens with one attached hydrogen (secondary N) is 1. The number of benzene rings is 1. The number of carbonyl (C=O) groups is 1. The van der Waals surface area contributed by atoms with Crippen LogP contribution in [-0.4, -0.2) is 32.8 Å². The number of methoxy groups -OCH3 is 1. The summed E-state index contributed by atoms with van der Waals surface area (Å²) in [5.74, 6) is -2.42. The molecule has 0 fully saturated rings. The highest BCUT2D eigenvalue weighted by Gasteiger charge is 2.17. The SMILES string of the molecule is CNC(CCOc1c(F)cccc1F)C(=O)OC. The van der Waals surface area contributed by atoms with E-state index in [1.165, 1.54) is 13.2 Å². The summed E-state index contributed by atoms with van der Waals surface area (Å²) in [5.41, 5.74) is 0. The van der Waals surface area contributed by atoms with Crippen LogP contribution in [0.3, 0.4) is 0 Å². The maximum absolute atomic E-state index is 13.2. The molecule has 0 saturated carbocycles. The quantitative estimate of drug-likeness (QED) is 0.786. The number of hydrogen-bond donors (Lipinski definition) is 1. The highest BCUT2D eigenvalue weighted by Crippen LogP contribution is 2.20. The molecule has 0 aliphatic carbocycles. The molecule has 0 aromatic heterocycles. The molecule has 6 heteroatoms. The van der Waals surface area contributed by atoms with E-state index in [4.69, 9.17) is 4.74 Å². The van der Waals surface area contributed by atoms with Crippen molar-refractivity contribution in [2.24, 2.45) is 0 Å². The average Bonchev–Trinajstić information content (AvgIpc) is 2.37. The standard InChI is InChI=1S/C12H15F2NO3/c1-15-10(12(16)17-2)6-7-18-11-8(13)4-3-5-9(11)14/h3-5,10,15H,6-7H2,1-2H3. The second-order valence-electron chi connectivity index (χ2n) is 3.55. The van der Waals surface area contributed by atoms with Gasteiger partial charge in [0.1, 0.15) is 6.04 Å². The van der Waals surface area contributed by atoms with E-state index in [1.54, 1.807) is 7.05 Å². The molecule has 0 aliphatic rings. The summed E-state index contributed by atoms with van der Waals surface area (Å²) < 4.78 is 36.0. The molecule has 0 bridgehead atoms. The summed E-state index contributed by atoms with van der Waals surface area (Å²) in [7, 11) is 2.86. The number of likely N-dealkylation sites (N-methyl/N-ethyl adjacent to an activating group) is 1. The fourth-order valence-corrected chi connectivity index (χ4v) is 1.42. The van der Waals surface area contributed by atoms with Gasteiger partial charge in [-0.15, -0.1) is 0 Å². The van der Waals surface area contributed by atoms with E-state index < -0.39 is 29.4 Å². The first-order chi connectivity index (χ1) is 8.60. The van der Waals surface area contributed by atoms with Crippen LogP contribution in [0.2, 0.25) is 0 Å². The largest absolute Gasteiger partial charge is 0.488 e. The summed E-state index contributed by atoms with van der Waals surface area (Å²) in [5, 5.41) is 2.73. The smallest absolute Gasteiger partial charge is 0.322 e. The van der Waals surface area contributed by atoms with Gasteiger partial charge < -0.3 is 14.8 Å². The molecule has 0 heterocycles. The molecule has 1 N–H and O–H groups in total. The Hall–Kier alpha value is -1.69. The number of halogens is 2. The van der Waals surface area contributed by atoms with Crippen molar-refractivity contribution in [3.8, 4) is 5.75 Å². The zero-order valence-corrected chi connectivity index (χ0v) is 10.2. The normalized spacial score (nSPS) is 12.0. The zero-order valence-electron chi connectivity index (χ0n) is 10.2. The Bertz CT molecular complexity index is 392. The van der Waals surface area contributed by atoms with Crippen LogP contribution in [0.1, 0.15) is 6.42 Å². The number of esters is 1. The average molecular weight is 259 g/mol. The van der Waals surface area contributed by atoms with E-state index in [0.717, 1.165) is 12.1 Å². The van der Waals surface area contributed by atoms with E-state index in [2.05, 4.69) is 10.1 Å². The van der Waals surface area contributed by atoms with Gasteiger partial charge in [0, 0.05) is 6.42 Å². The van der Waals surface area contributed by atoms with Crippen molar-refractivity contribution < 1.29 is 23.0 Å². The Morgan fingerprint density at radius 1 is 1.39 bits per heavy atom. The van der Waals surface area contributed by atoms with Crippen LogP contribution >= 0.6 is 0 Å². The molecule has 1 unspecified atom stereocenters. The molecule has 0 spiro atoms. The van der Waals surface area contributed by atoms with Crippen LogP contribution in [-0.2, 0) is 9.53 Å². The Balaban J connectivity index is 2.53. The van der Waals surface area contributed by atoms with Crippen molar-refractivity contribution in [3.05, 3.63) is 29.8 Å². The number of hydrogen-bond acceptors (Lipinski definition) is 4. The molecule has 1 aromatic rings. The van der Waals surface area contributed by atoms with Crippen molar-refractivity contribution >= 4 is 5.97 Å². The lowest BCUT2D eigenvalue weighted by molar-refractivity contribution is -0.143. The first-order valence-corrected chi connectivity index (χ1v) is 5.42. The Morgan fingerprint density at radius 3 is 2.50 bits per heavy atom.